The lowest BCUT2D eigenvalue weighted by Gasteiger charge is -2.31. The molecule has 6 rings (SSSR count). The third-order valence-electron chi connectivity index (χ3n) is 7.11. The molecule has 39 heavy (non-hydrogen) atoms. The molecule has 1 aliphatic rings. The van der Waals surface area contributed by atoms with Gasteiger partial charge in [0, 0.05) is 16.8 Å². The number of hydrogen-bond acceptors (Lipinski definition) is 3. The van der Waals surface area contributed by atoms with Gasteiger partial charge in [-0.2, -0.15) is 5.10 Å². The molecule has 2 aromatic heterocycles. The number of rotatable bonds is 4. The molecule has 0 saturated heterocycles. The van der Waals surface area contributed by atoms with E-state index in [1.54, 1.807) is 7.11 Å². The normalized spacial score (nSPS) is 14.4. The average molecular weight is 538 g/mol. The van der Waals surface area contributed by atoms with Crippen LogP contribution >= 0.6 is 11.6 Å². The first-order valence-electron chi connectivity index (χ1n) is 12.7. The van der Waals surface area contributed by atoms with Crippen molar-refractivity contribution in [2.45, 2.75) is 26.4 Å². The minimum Gasteiger partial charge on any atom is -0.495 e. The van der Waals surface area contributed by atoms with Crippen molar-refractivity contribution in [2.75, 3.05) is 12.4 Å². The SMILES string of the molecule is COc1ccc(C)cc1NC(=O)N1Cc2c(C)nn(-c3ccccc3)c2-n2cccc2C1c1cccc(Cl)c1. The van der Waals surface area contributed by atoms with Crippen molar-refractivity contribution in [3.63, 3.8) is 0 Å². The van der Waals surface area contributed by atoms with Crippen molar-refractivity contribution in [1.29, 1.82) is 0 Å². The van der Waals surface area contributed by atoms with Crippen LogP contribution in [-0.4, -0.2) is 32.4 Å². The third kappa shape index (κ3) is 4.45. The van der Waals surface area contributed by atoms with Crippen molar-refractivity contribution in [3.8, 4) is 17.3 Å². The molecule has 0 fully saturated rings. The van der Waals surface area contributed by atoms with E-state index in [4.69, 9.17) is 21.4 Å². The topological polar surface area (TPSA) is 64.3 Å². The minimum atomic E-state index is -0.412. The number of halogens is 1. The van der Waals surface area contributed by atoms with Crippen LogP contribution in [0.4, 0.5) is 10.5 Å². The summed E-state index contributed by atoms with van der Waals surface area (Å²) in [7, 11) is 1.60. The highest BCUT2D eigenvalue weighted by Crippen LogP contribution is 2.39. The highest BCUT2D eigenvalue weighted by Gasteiger charge is 2.36. The Morgan fingerprint density at radius 2 is 1.82 bits per heavy atom. The standard InChI is InChI=1S/C31H28ClN5O2/c1-20-14-15-28(39-3)26(17-20)33-31(38)36-19-25-21(2)34-37(24-11-5-4-6-12-24)30(25)35-16-8-13-27(35)29(36)22-9-7-10-23(32)18-22/h4-18,29H,19H2,1-3H3,(H,33,38). The number of nitrogens with zero attached hydrogens (tertiary/aromatic N) is 4. The number of amides is 2. The summed E-state index contributed by atoms with van der Waals surface area (Å²) in [6, 6.07) is 26.8. The number of aryl methyl sites for hydroxylation is 2. The number of benzene rings is 3. The van der Waals surface area contributed by atoms with E-state index in [9.17, 15) is 4.79 Å². The number of anilines is 1. The number of aromatic nitrogens is 3. The van der Waals surface area contributed by atoms with Crippen LogP contribution in [-0.2, 0) is 6.54 Å². The van der Waals surface area contributed by atoms with E-state index in [2.05, 4.69) is 9.88 Å². The first kappa shape index (κ1) is 24.8. The Kier molecular flexibility index (Phi) is 6.37. The molecule has 0 spiro atoms. The molecule has 1 unspecified atom stereocenters. The summed E-state index contributed by atoms with van der Waals surface area (Å²) in [5.74, 6) is 1.51. The van der Waals surface area contributed by atoms with Gasteiger partial charge in [0.05, 0.1) is 42.5 Å². The molecular formula is C31H28ClN5O2. The number of urea groups is 1. The Morgan fingerprint density at radius 3 is 2.59 bits per heavy atom. The molecule has 5 aromatic rings. The monoisotopic (exact) mass is 537 g/mol. The second kappa shape index (κ2) is 10.0. The Balaban J connectivity index is 1.54. The highest BCUT2D eigenvalue weighted by atomic mass is 35.5. The lowest BCUT2D eigenvalue weighted by Crippen LogP contribution is -2.38. The zero-order chi connectivity index (χ0) is 27.1. The molecule has 1 atom stereocenters. The summed E-state index contributed by atoms with van der Waals surface area (Å²) >= 11 is 6.46. The summed E-state index contributed by atoms with van der Waals surface area (Å²) in [4.78, 5) is 16.0. The van der Waals surface area contributed by atoms with Crippen molar-refractivity contribution in [1.82, 2.24) is 19.2 Å². The van der Waals surface area contributed by atoms with E-state index in [1.165, 1.54) is 0 Å². The molecule has 3 heterocycles. The van der Waals surface area contributed by atoms with Crippen molar-refractivity contribution in [3.05, 3.63) is 124 Å². The number of carbonyl (C=O) groups excluding carboxylic acids is 1. The van der Waals surface area contributed by atoms with Crippen molar-refractivity contribution >= 4 is 23.3 Å². The van der Waals surface area contributed by atoms with Gasteiger partial charge in [0.1, 0.15) is 11.6 Å². The van der Waals surface area contributed by atoms with E-state index < -0.39 is 6.04 Å². The fourth-order valence-corrected chi connectivity index (χ4v) is 5.48. The fraction of sp³-hybridized carbons (Fsp3) is 0.161. The van der Waals surface area contributed by atoms with Gasteiger partial charge in [-0.15, -0.1) is 0 Å². The number of para-hydroxylation sites is 1. The van der Waals surface area contributed by atoms with Crippen LogP contribution in [0.3, 0.4) is 0 Å². The molecule has 0 bridgehead atoms. The predicted molar refractivity (Wildman–Crippen MR) is 153 cm³/mol. The van der Waals surface area contributed by atoms with Gasteiger partial charge in [0.15, 0.2) is 0 Å². The first-order chi connectivity index (χ1) is 18.9. The molecule has 0 saturated carbocycles. The van der Waals surface area contributed by atoms with E-state index in [0.29, 0.717) is 23.0 Å². The molecule has 1 N–H and O–H groups in total. The molecule has 7 nitrogen and oxygen atoms in total. The van der Waals surface area contributed by atoms with Gasteiger partial charge in [0.2, 0.25) is 0 Å². The van der Waals surface area contributed by atoms with E-state index in [-0.39, 0.29) is 6.03 Å². The molecule has 8 heteroatoms. The maximum atomic E-state index is 14.2. The zero-order valence-corrected chi connectivity index (χ0v) is 22.7. The minimum absolute atomic E-state index is 0.253. The van der Waals surface area contributed by atoms with E-state index in [1.807, 2.05) is 115 Å². The summed E-state index contributed by atoms with van der Waals surface area (Å²) in [6.07, 6.45) is 2.03. The number of methoxy groups -OCH3 is 1. The first-order valence-corrected chi connectivity index (χ1v) is 13.1. The quantitative estimate of drug-likeness (QED) is 0.266. The molecule has 0 radical (unpaired) electrons. The number of hydrogen-bond donors (Lipinski definition) is 1. The fourth-order valence-electron chi connectivity index (χ4n) is 5.28. The molecular weight excluding hydrogens is 510 g/mol. The second-order valence-electron chi connectivity index (χ2n) is 9.66. The smallest absolute Gasteiger partial charge is 0.323 e. The van der Waals surface area contributed by atoms with Crippen LogP contribution in [0.15, 0.2) is 91.1 Å². The van der Waals surface area contributed by atoms with Gasteiger partial charge < -0.3 is 19.5 Å². The molecule has 2 amide bonds. The van der Waals surface area contributed by atoms with Crippen LogP contribution in [0, 0.1) is 13.8 Å². The van der Waals surface area contributed by atoms with Crippen molar-refractivity contribution < 1.29 is 9.53 Å². The Hall–Kier alpha value is -4.49. The zero-order valence-electron chi connectivity index (χ0n) is 21.9. The molecule has 196 valence electrons. The van der Waals surface area contributed by atoms with Crippen molar-refractivity contribution in [2.24, 2.45) is 0 Å². The Morgan fingerprint density at radius 1 is 1.00 bits per heavy atom. The lowest BCUT2D eigenvalue weighted by molar-refractivity contribution is 0.194. The summed E-state index contributed by atoms with van der Waals surface area (Å²) < 4.78 is 9.63. The van der Waals surface area contributed by atoms with E-state index >= 15 is 0 Å². The van der Waals surface area contributed by atoms with Crippen LogP contribution in [0.25, 0.3) is 11.5 Å². The van der Waals surface area contributed by atoms with Crippen LogP contribution in [0.2, 0.25) is 5.02 Å². The number of fused-ring (bicyclic) bond motifs is 3. The van der Waals surface area contributed by atoms with Gasteiger partial charge >= 0.3 is 6.03 Å². The van der Waals surface area contributed by atoms with Crippen LogP contribution in [0.5, 0.6) is 5.75 Å². The lowest BCUT2D eigenvalue weighted by atomic mass is 10.0. The largest absolute Gasteiger partial charge is 0.495 e. The van der Waals surface area contributed by atoms with E-state index in [0.717, 1.165) is 39.6 Å². The molecule has 1 aliphatic heterocycles. The number of ether oxygens (including phenoxy) is 1. The van der Waals surface area contributed by atoms with Gasteiger partial charge in [-0.3, -0.25) is 0 Å². The van der Waals surface area contributed by atoms with Gasteiger partial charge in [0.25, 0.3) is 0 Å². The van der Waals surface area contributed by atoms with Gasteiger partial charge in [-0.25, -0.2) is 9.48 Å². The molecule has 3 aromatic carbocycles. The predicted octanol–water partition coefficient (Wildman–Crippen LogP) is 7.08. The third-order valence-corrected chi connectivity index (χ3v) is 7.34. The van der Waals surface area contributed by atoms with Crippen LogP contribution < -0.4 is 10.1 Å². The summed E-state index contributed by atoms with van der Waals surface area (Å²) in [5.41, 5.74) is 6.24. The summed E-state index contributed by atoms with van der Waals surface area (Å²) in [6.45, 7) is 4.31. The Labute approximate surface area is 232 Å². The number of carbonyl (C=O) groups is 1. The maximum absolute atomic E-state index is 14.2. The van der Waals surface area contributed by atoms with Crippen LogP contribution in [0.1, 0.15) is 34.1 Å². The van der Waals surface area contributed by atoms with Gasteiger partial charge in [-0.1, -0.05) is 48.0 Å². The maximum Gasteiger partial charge on any atom is 0.323 e. The molecule has 0 aliphatic carbocycles. The Bertz CT molecular complexity index is 1670. The highest BCUT2D eigenvalue weighted by molar-refractivity contribution is 6.30. The average Bonchev–Trinajstić information content (AvgIpc) is 3.49. The summed E-state index contributed by atoms with van der Waals surface area (Å²) in [5, 5.41) is 8.64. The number of nitrogens with one attached hydrogen (secondary N) is 1. The second-order valence-corrected chi connectivity index (χ2v) is 10.1. The van der Waals surface area contributed by atoms with Gasteiger partial charge in [-0.05, 0) is 73.5 Å².